The molecule has 0 saturated carbocycles. The summed E-state index contributed by atoms with van der Waals surface area (Å²) in [5.41, 5.74) is -0.256. The standard InChI is InChI=1S/C15H12F2N2O5S/c16-9-1-3-12(11(17)5-9)19-15(20)7-18-25(21,22)10-2-4-13-14(6-10)24-8-23-13/h1-6,18H,7-8H2,(H,19,20). The van der Waals surface area contributed by atoms with Crippen LogP contribution in [0, 0.1) is 11.6 Å². The van der Waals surface area contributed by atoms with Crippen LogP contribution in [0.3, 0.4) is 0 Å². The molecule has 0 spiro atoms. The molecular weight excluding hydrogens is 358 g/mol. The number of halogens is 2. The second-order valence-corrected chi connectivity index (χ2v) is 6.78. The lowest BCUT2D eigenvalue weighted by molar-refractivity contribution is -0.115. The summed E-state index contributed by atoms with van der Waals surface area (Å²) >= 11 is 0. The van der Waals surface area contributed by atoms with Crippen LogP contribution in [-0.2, 0) is 14.8 Å². The van der Waals surface area contributed by atoms with Crippen molar-refractivity contribution in [2.45, 2.75) is 4.90 Å². The van der Waals surface area contributed by atoms with E-state index in [2.05, 4.69) is 10.0 Å². The minimum atomic E-state index is -3.99. The molecule has 3 rings (SSSR count). The maximum atomic E-state index is 13.5. The third kappa shape index (κ3) is 3.86. The number of ether oxygens (including phenoxy) is 2. The Morgan fingerprint density at radius 3 is 2.60 bits per heavy atom. The highest BCUT2D eigenvalue weighted by Crippen LogP contribution is 2.33. The summed E-state index contributed by atoms with van der Waals surface area (Å²) in [6.07, 6.45) is 0. The monoisotopic (exact) mass is 370 g/mol. The van der Waals surface area contributed by atoms with Crippen molar-refractivity contribution in [3.8, 4) is 11.5 Å². The van der Waals surface area contributed by atoms with Gasteiger partial charge in [-0.25, -0.2) is 21.9 Å². The van der Waals surface area contributed by atoms with Crippen LogP contribution in [0.1, 0.15) is 0 Å². The lowest BCUT2D eigenvalue weighted by Gasteiger charge is -2.09. The molecule has 0 bridgehead atoms. The number of hydrogen-bond donors (Lipinski definition) is 2. The number of carbonyl (C=O) groups is 1. The van der Waals surface area contributed by atoms with Crippen molar-refractivity contribution >= 4 is 21.6 Å². The van der Waals surface area contributed by atoms with E-state index in [1.54, 1.807) is 0 Å². The van der Waals surface area contributed by atoms with Crippen LogP contribution in [0.15, 0.2) is 41.3 Å². The summed E-state index contributed by atoms with van der Waals surface area (Å²) in [6.45, 7) is -0.633. The molecule has 0 radical (unpaired) electrons. The number of benzene rings is 2. The Balaban J connectivity index is 1.64. The van der Waals surface area contributed by atoms with Gasteiger partial charge in [-0.2, -0.15) is 0 Å². The van der Waals surface area contributed by atoms with Crippen molar-refractivity contribution in [2.24, 2.45) is 0 Å². The summed E-state index contributed by atoms with van der Waals surface area (Å²) in [4.78, 5) is 11.7. The fraction of sp³-hybridized carbons (Fsp3) is 0.133. The van der Waals surface area contributed by atoms with Gasteiger partial charge in [-0.15, -0.1) is 0 Å². The first-order valence-corrected chi connectivity index (χ1v) is 8.48. The zero-order chi connectivity index (χ0) is 18.0. The van der Waals surface area contributed by atoms with E-state index in [1.165, 1.54) is 18.2 Å². The zero-order valence-corrected chi connectivity index (χ0v) is 13.4. The zero-order valence-electron chi connectivity index (χ0n) is 12.6. The number of hydrogen-bond acceptors (Lipinski definition) is 5. The predicted molar refractivity (Wildman–Crippen MR) is 82.7 cm³/mol. The number of amides is 1. The molecule has 10 heteroatoms. The Morgan fingerprint density at radius 2 is 1.84 bits per heavy atom. The molecule has 0 atom stereocenters. The van der Waals surface area contributed by atoms with E-state index in [9.17, 15) is 22.0 Å². The van der Waals surface area contributed by atoms with Crippen molar-refractivity contribution < 1.29 is 31.5 Å². The first kappa shape index (κ1) is 17.1. The lowest BCUT2D eigenvalue weighted by Crippen LogP contribution is -2.33. The van der Waals surface area contributed by atoms with Crippen LogP contribution in [0.25, 0.3) is 0 Å². The van der Waals surface area contributed by atoms with Gasteiger partial charge in [0, 0.05) is 12.1 Å². The van der Waals surface area contributed by atoms with Gasteiger partial charge in [0.1, 0.15) is 11.6 Å². The number of rotatable bonds is 5. The summed E-state index contributed by atoms with van der Waals surface area (Å²) in [5.74, 6) is -1.87. The quantitative estimate of drug-likeness (QED) is 0.834. The molecule has 1 aliphatic rings. The van der Waals surface area contributed by atoms with Gasteiger partial charge >= 0.3 is 0 Å². The highest BCUT2D eigenvalue weighted by atomic mass is 32.2. The smallest absolute Gasteiger partial charge is 0.241 e. The molecule has 25 heavy (non-hydrogen) atoms. The van der Waals surface area contributed by atoms with Crippen LogP contribution < -0.4 is 19.5 Å². The van der Waals surface area contributed by atoms with Crippen LogP contribution >= 0.6 is 0 Å². The van der Waals surface area contributed by atoms with E-state index >= 15 is 0 Å². The maximum Gasteiger partial charge on any atom is 0.241 e. The van der Waals surface area contributed by atoms with E-state index in [4.69, 9.17) is 9.47 Å². The van der Waals surface area contributed by atoms with Gasteiger partial charge in [0.2, 0.25) is 22.7 Å². The molecule has 2 aromatic carbocycles. The molecule has 2 aromatic rings. The minimum absolute atomic E-state index is 0.00208. The van der Waals surface area contributed by atoms with Gasteiger partial charge in [-0.05, 0) is 24.3 Å². The van der Waals surface area contributed by atoms with E-state index in [0.717, 1.165) is 12.1 Å². The Labute approximate surface area is 141 Å². The van der Waals surface area contributed by atoms with Crippen molar-refractivity contribution in [3.63, 3.8) is 0 Å². The van der Waals surface area contributed by atoms with Crippen molar-refractivity contribution in [2.75, 3.05) is 18.7 Å². The molecule has 2 N–H and O–H groups in total. The Kier molecular flexibility index (Phi) is 4.55. The highest BCUT2D eigenvalue weighted by molar-refractivity contribution is 7.89. The number of fused-ring (bicyclic) bond motifs is 1. The summed E-state index contributed by atoms with van der Waals surface area (Å²) in [7, 11) is -3.99. The second-order valence-electron chi connectivity index (χ2n) is 5.01. The lowest BCUT2D eigenvalue weighted by atomic mass is 10.3. The first-order chi connectivity index (χ1) is 11.8. The average Bonchev–Trinajstić information content (AvgIpc) is 3.03. The second kappa shape index (κ2) is 6.65. The van der Waals surface area contributed by atoms with Gasteiger partial charge in [-0.1, -0.05) is 0 Å². The Bertz CT molecular complexity index is 934. The summed E-state index contributed by atoms with van der Waals surface area (Å²) in [6, 6.07) is 6.61. The molecule has 1 heterocycles. The average molecular weight is 370 g/mol. The summed E-state index contributed by atoms with van der Waals surface area (Å²) in [5, 5.41) is 2.15. The van der Waals surface area contributed by atoms with Gasteiger partial charge < -0.3 is 14.8 Å². The molecule has 0 saturated heterocycles. The highest BCUT2D eigenvalue weighted by Gasteiger charge is 2.21. The fourth-order valence-corrected chi connectivity index (χ4v) is 3.07. The number of anilines is 1. The SMILES string of the molecule is O=C(CNS(=O)(=O)c1ccc2c(c1)OCO2)Nc1ccc(F)cc1F. The Morgan fingerprint density at radius 1 is 1.08 bits per heavy atom. The van der Waals surface area contributed by atoms with Crippen molar-refractivity contribution in [1.82, 2.24) is 4.72 Å². The molecule has 0 aromatic heterocycles. The largest absolute Gasteiger partial charge is 0.454 e. The molecule has 0 fully saturated rings. The normalized spacial score (nSPS) is 12.9. The van der Waals surface area contributed by atoms with Crippen LogP contribution in [0.4, 0.5) is 14.5 Å². The van der Waals surface area contributed by atoms with E-state index < -0.39 is 34.1 Å². The van der Waals surface area contributed by atoms with Gasteiger partial charge in [0.15, 0.2) is 11.5 Å². The topological polar surface area (TPSA) is 93.7 Å². The van der Waals surface area contributed by atoms with Crippen LogP contribution in [-0.4, -0.2) is 27.7 Å². The van der Waals surface area contributed by atoms with E-state index in [0.29, 0.717) is 11.8 Å². The molecule has 132 valence electrons. The van der Waals surface area contributed by atoms with Crippen molar-refractivity contribution in [1.29, 1.82) is 0 Å². The molecule has 0 unspecified atom stereocenters. The maximum absolute atomic E-state index is 13.5. The van der Waals surface area contributed by atoms with Gasteiger partial charge in [0.05, 0.1) is 17.1 Å². The van der Waals surface area contributed by atoms with E-state index in [-0.39, 0.29) is 23.1 Å². The van der Waals surface area contributed by atoms with E-state index in [1.807, 2.05) is 0 Å². The Hall–Kier alpha value is -2.72. The molecule has 7 nitrogen and oxygen atoms in total. The molecule has 0 aliphatic carbocycles. The third-order valence-electron chi connectivity index (χ3n) is 3.28. The molecule has 1 amide bonds. The minimum Gasteiger partial charge on any atom is -0.454 e. The third-order valence-corrected chi connectivity index (χ3v) is 4.68. The van der Waals surface area contributed by atoms with Gasteiger partial charge in [-0.3, -0.25) is 4.79 Å². The predicted octanol–water partition coefficient (Wildman–Crippen LogP) is 1.61. The van der Waals surface area contributed by atoms with Gasteiger partial charge in [0.25, 0.3) is 0 Å². The van der Waals surface area contributed by atoms with Crippen LogP contribution in [0.5, 0.6) is 11.5 Å². The number of sulfonamides is 1. The number of nitrogens with one attached hydrogen (secondary N) is 2. The fourth-order valence-electron chi connectivity index (χ4n) is 2.07. The first-order valence-electron chi connectivity index (χ1n) is 6.99. The molecule has 1 aliphatic heterocycles. The van der Waals surface area contributed by atoms with Crippen molar-refractivity contribution in [3.05, 3.63) is 48.0 Å². The summed E-state index contributed by atoms with van der Waals surface area (Å²) < 4.78 is 62.9. The number of carbonyl (C=O) groups excluding carboxylic acids is 1. The van der Waals surface area contributed by atoms with Crippen LogP contribution in [0.2, 0.25) is 0 Å². The molecular formula is C15H12F2N2O5S.